The van der Waals surface area contributed by atoms with Crippen molar-refractivity contribution >= 4 is 14.1 Å². The van der Waals surface area contributed by atoms with Gasteiger partial charge in [-0.1, -0.05) is 37.3 Å². The molecule has 4 saturated heterocycles. The topological polar surface area (TPSA) is 72.5 Å². The molecule has 0 amide bonds. The van der Waals surface area contributed by atoms with Gasteiger partial charge in [-0.05, 0) is 58.2 Å². The second-order valence-corrected chi connectivity index (χ2v) is 16.9. The minimum Gasteiger partial charge on any atom is -0.410 e. The van der Waals surface area contributed by atoms with Crippen LogP contribution in [0.3, 0.4) is 0 Å². The number of benzene rings is 1. The van der Waals surface area contributed by atoms with Gasteiger partial charge in [-0.2, -0.15) is 0 Å². The van der Waals surface area contributed by atoms with E-state index in [4.69, 9.17) is 28.1 Å². The first-order chi connectivity index (χ1) is 17.6. The van der Waals surface area contributed by atoms with Gasteiger partial charge in [-0.3, -0.25) is 4.79 Å². The van der Waals surface area contributed by atoms with Crippen LogP contribution in [0.2, 0.25) is 19.6 Å². The molecule has 0 saturated carbocycles. The lowest BCUT2D eigenvalue weighted by atomic mass is 9.83. The monoisotopic (exact) mass is 532 g/mol. The Morgan fingerprint density at radius 3 is 2.54 bits per heavy atom. The molecule has 0 unspecified atom stereocenters. The number of rotatable bonds is 6. The second-order valence-electron chi connectivity index (χ2n) is 12.5. The maximum Gasteiger partial charge on any atom is 0.184 e. The summed E-state index contributed by atoms with van der Waals surface area (Å²) in [7, 11) is -1.90. The van der Waals surface area contributed by atoms with Gasteiger partial charge in [0.2, 0.25) is 0 Å². The first-order valence-corrected chi connectivity index (χ1v) is 17.5. The summed E-state index contributed by atoms with van der Waals surface area (Å²) in [5.41, 5.74) is 0.501. The fourth-order valence-corrected chi connectivity index (χ4v) is 8.18. The summed E-state index contributed by atoms with van der Waals surface area (Å²) in [5, 5.41) is 0. The molecule has 8 heteroatoms. The molecule has 0 radical (unpaired) electrons. The first kappa shape index (κ1) is 27.4. The van der Waals surface area contributed by atoms with E-state index in [0.717, 1.165) is 31.4 Å². The summed E-state index contributed by atoms with van der Waals surface area (Å²) in [6.07, 6.45) is 3.23. The molecule has 5 rings (SSSR count). The van der Waals surface area contributed by atoms with Gasteiger partial charge in [0.05, 0.1) is 36.6 Å². The normalized spacial score (nSPS) is 40.9. The van der Waals surface area contributed by atoms with Crippen molar-refractivity contribution in [3.63, 3.8) is 0 Å². The summed E-state index contributed by atoms with van der Waals surface area (Å²) in [4.78, 5) is 13.1. The average Bonchev–Trinajstić information content (AvgIpc) is 2.97. The van der Waals surface area contributed by atoms with E-state index < -0.39 is 26.3 Å². The van der Waals surface area contributed by atoms with Crippen LogP contribution in [0.5, 0.6) is 0 Å². The molecule has 206 valence electrons. The highest BCUT2D eigenvalue weighted by molar-refractivity contribution is 6.69. The molecule has 7 nitrogen and oxygen atoms in total. The molecule has 0 N–H and O–H groups in total. The fourth-order valence-electron chi connectivity index (χ4n) is 6.57. The first-order valence-electron chi connectivity index (χ1n) is 14.1. The van der Waals surface area contributed by atoms with Gasteiger partial charge in [0, 0.05) is 25.0 Å². The van der Waals surface area contributed by atoms with E-state index in [0.29, 0.717) is 25.9 Å². The minimum atomic E-state index is -1.90. The zero-order valence-electron chi connectivity index (χ0n) is 23.0. The van der Waals surface area contributed by atoms with Crippen molar-refractivity contribution in [2.45, 2.75) is 121 Å². The van der Waals surface area contributed by atoms with Gasteiger partial charge in [0.25, 0.3) is 0 Å². The van der Waals surface area contributed by atoms with Crippen LogP contribution >= 0.6 is 0 Å². The predicted octanol–water partition coefficient (Wildman–Crippen LogP) is 5.19. The molecule has 4 aliphatic rings. The number of ketones is 1. The maximum atomic E-state index is 13.1. The Balaban J connectivity index is 1.28. The largest absolute Gasteiger partial charge is 0.410 e. The molecule has 4 fully saturated rings. The predicted molar refractivity (Wildman–Crippen MR) is 142 cm³/mol. The van der Waals surface area contributed by atoms with Crippen molar-refractivity contribution in [2.75, 3.05) is 13.2 Å². The zero-order chi connectivity index (χ0) is 26.2. The number of fused-ring (bicyclic) bond motifs is 2. The summed E-state index contributed by atoms with van der Waals surface area (Å²) in [6.45, 7) is 12.1. The highest BCUT2D eigenvalue weighted by Crippen LogP contribution is 2.42. The Labute approximate surface area is 222 Å². The van der Waals surface area contributed by atoms with Gasteiger partial charge in [0.1, 0.15) is 12.2 Å². The number of hydrogen-bond acceptors (Lipinski definition) is 7. The standard InChI is InChI=1S/C29H44O7Si/c1-19-16-21(30)22(33-23-12-9-15-31-27(19)23)13-14-26-29(2,36-37(3,4)5)17-24-25(34-26)18-32-28(35-24)20-10-7-6-8-11-20/h6-8,10-11,19,22-28H,9,12-18H2,1-5H3/t19-,22-,23+,24+,25-,26+,27-,28-,29-/m1/s1. The third kappa shape index (κ3) is 6.37. The van der Waals surface area contributed by atoms with E-state index in [1.807, 2.05) is 30.3 Å². The van der Waals surface area contributed by atoms with Crippen molar-refractivity contribution in [1.29, 1.82) is 0 Å². The molecule has 37 heavy (non-hydrogen) atoms. The van der Waals surface area contributed by atoms with Crippen molar-refractivity contribution in [1.82, 2.24) is 0 Å². The Morgan fingerprint density at radius 2 is 1.78 bits per heavy atom. The lowest BCUT2D eigenvalue weighted by Gasteiger charge is -2.52. The minimum absolute atomic E-state index is 0.00321. The van der Waals surface area contributed by atoms with E-state index >= 15 is 0 Å². The fraction of sp³-hybridized carbons (Fsp3) is 0.759. The SMILES string of the molecule is C[C@@H]1CC(=O)[C@@H](CC[C@@H]2O[C@@H]3CO[C@@H](c4ccccc4)O[C@H]3C[C@@]2(C)O[Si](C)(C)C)O[C@H]2CCCO[C@H]12. The Kier molecular flexibility index (Phi) is 8.27. The van der Waals surface area contributed by atoms with Crippen LogP contribution in [0, 0.1) is 5.92 Å². The number of carbonyl (C=O) groups excluding carboxylic acids is 1. The Hall–Kier alpha value is -1.13. The summed E-state index contributed by atoms with van der Waals surface area (Å²) in [6, 6.07) is 10.1. The van der Waals surface area contributed by atoms with Gasteiger partial charge in [-0.15, -0.1) is 0 Å². The number of hydrogen-bond donors (Lipinski definition) is 0. The Morgan fingerprint density at radius 1 is 1.00 bits per heavy atom. The van der Waals surface area contributed by atoms with Crippen LogP contribution in [-0.4, -0.2) is 69.5 Å². The number of carbonyl (C=O) groups is 1. The van der Waals surface area contributed by atoms with Crippen LogP contribution in [0.4, 0.5) is 0 Å². The van der Waals surface area contributed by atoms with Crippen molar-refractivity contribution in [3.8, 4) is 0 Å². The van der Waals surface area contributed by atoms with Gasteiger partial charge >= 0.3 is 0 Å². The van der Waals surface area contributed by atoms with E-state index in [-0.39, 0.29) is 42.2 Å². The molecule has 1 aromatic carbocycles. The smallest absolute Gasteiger partial charge is 0.184 e. The summed E-state index contributed by atoms with van der Waals surface area (Å²) in [5.74, 6) is 0.367. The van der Waals surface area contributed by atoms with Crippen molar-refractivity contribution < 1.29 is 32.9 Å². The maximum absolute atomic E-state index is 13.1. The molecule has 4 aliphatic heterocycles. The van der Waals surface area contributed by atoms with Gasteiger partial charge < -0.3 is 28.1 Å². The highest BCUT2D eigenvalue weighted by Gasteiger charge is 2.51. The molecule has 4 heterocycles. The van der Waals surface area contributed by atoms with E-state index in [2.05, 4.69) is 33.5 Å². The molecular formula is C29H44O7Si. The third-order valence-corrected chi connectivity index (χ3v) is 9.22. The molecule has 1 aromatic rings. The lowest BCUT2D eigenvalue weighted by molar-refractivity contribution is -0.314. The van der Waals surface area contributed by atoms with E-state index in [1.54, 1.807) is 0 Å². The molecular weight excluding hydrogens is 488 g/mol. The number of ether oxygens (including phenoxy) is 5. The zero-order valence-corrected chi connectivity index (χ0v) is 24.0. The highest BCUT2D eigenvalue weighted by atomic mass is 28.4. The lowest BCUT2D eigenvalue weighted by Crippen LogP contribution is -2.61. The van der Waals surface area contributed by atoms with Crippen LogP contribution in [0.1, 0.15) is 64.2 Å². The average molecular weight is 533 g/mol. The Bertz CT molecular complexity index is 921. The van der Waals surface area contributed by atoms with E-state index in [1.165, 1.54) is 0 Å². The van der Waals surface area contributed by atoms with Gasteiger partial charge in [-0.25, -0.2) is 0 Å². The molecule has 0 aliphatic carbocycles. The van der Waals surface area contributed by atoms with Crippen molar-refractivity contribution in [2.24, 2.45) is 5.92 Å². The molecule has 0 bridgehead atoms. The van der Waals surface area contributed by atoms with Crippen LogP contribution in [0.25, 0.3) is 0 Å². The summed E-state index contributed by atoms with van der Waals surface area (Å²) < 4.78 is 38.4. The molecule has 0 aromatic heterocycles. The molecule has 9 atom stereocenters. The molecule has 0 spiro atoms. The van der Waals surface area contributed by atoms with Crippen molar-refractivity contribution in [3.05, 3.63) is 35.9 Å². The van der Waals surface area contributed by atoms with Crippen LogP contribution < -0.4 is 0 Å². The van der Waals surface area contributed by atoms with Gasteiger partial charge in [0.15, 0.2) is 20.4 Å². The van der Waals surface area contributed by atoms with E-state index in [9.17, 15) is 4.79 Å². The second kappa shape index (κ2) is 11.2. The quantitative estimate of drug-likeness (QED) is 0.467. The summed E-state index contributed by atoms with van der Waals surface area (Å²) >= 11 is 0. The third-order valence-electron chi connectivity index (χ3n) is 8.15. The van der Waals surface area contributed by atoms with Crippen LogP contribution in [0.15, 0.2) is 30.3 Å². The number of Topliss-reactive ketones (excluding diaryl/α,β-unsaturated/α-hetero) is 1. The van der Waals surface area contributed by atoms with Crippen LogP contribution in [-0.2, 0) is 32.9 Å².